The minimum Gasteiger partial charge on any atom is -0.481 e. The molecule has 0 aliphatic heterocycles. The predicted molar refractivity (Wildman–Crippen MR) is 32.5 cm³/mol. The zero-order chi connectivity index (χ0) is 8.15. The molecule has 0 radical (unpaired) electrons. The fourth-order valence-corrected chi connectivity index (χ4v) is 0.402. The van der Waals surface area contributed by atoms with Crippen molar-refractivity contribution in [2.45, 2.75) is 18.9 Å². The Bertz CT molecular complexity index is 149. The van der Waals surface area contributed by atoms with Crippen LogP contribution < -0.4 is 5.73 Å². The Balaban J connectivity index is 0. The van der Waals surface area contributed by atoms with Crippen molar-refractivity contribution < 1.29 is 59.7 Å². The van der Waals surface area contributed by atoms with Gasteiger partial charge >= 0.3 is 11.9 Å². The number of carboxylic acids is 2. The van der Waals surface area contributed by atoms with Gasteiger partial charge in [-0.3, -0.25) is 9.59 Å². The number of carboxylic acid groups (broad SMARTS) is 2. The molecule has 0 amide bonds. The Morgan fingerprint density at radius 3 is 2.09 bits per heavy atom. The van der Waals surface area contributed by atoms with E-state index in [1.54, 1.807) is 0 Å². The molecule has 0 aliphatic carbocycles. The van der Waals surface area contributed by atoms with Crippen molar-refractivity contribution in [3.05, 3.63) is 0 Å². The molecule has 0 aromatic rings. The SMILES string of the molecule is NC(CCC(=O)O)C(=O)O.[Gd]. The van der Waals surface area contributed by atoms with Gasteiger partial charge in [0, 0.05) is 46.4 Å². The third kappa shape index (κ3) is 8.13. The van der Waals surface area contributed by atoms with Gasteiger partial charge in [-0.2, -0.15) is 0 Å². The molecule has 0 aromatic carbocycles. The summed E-state index contributed by atoms with van der Waals surface area (Å²) < 4.78 is 0. The van der Waals surface area contributed by atoms with Crippen molar-refractivity contribution in [3.8, 4) is 0 Å². The maximum Gasteiger partial charge on any atom is 0.320 e. The quantitative estimate of drug-likeness (QED) is 0.635. The summed E-state index contributed by atoms with van der Waals surface area (Å²) >= 11 is 0. The van der Waals surface area contributed by atoms with E-state index >= 15 is 0 Å². The van der Waals surface area contributed by atoms with Crippen LogP contribution in [0, 0.1) is 39.9 Å². The summed E-state index contributed by atoms with van der Waals surface area (Å²) in [5, 5.41) is 16.3. The van der Waals surface area contributed by atoms with E-state index in [9.17, 15) is 9.59 Å². The molecular formula is C5H9GdNO4. The van der Waals surface area contributed by atoms with Gasteiger partial charge in [-0.15, -0.1) is 0 Å². The van der Waals surface area contributed by atoms with Crippen LogP contribution in [0.15, 0.2) is 0 Å². The summed E-state index contributed by atoms with van der Waals surface area (Å²) in [6.07, 6.45) is -0.224. The average Bonchev–Trinajstić information content (AvgIpc) is 1.82. The number of carbonyl (C=O) groups is 2. The van der Waals surface area contributed by atoms with E-state index in [0.29, 0.717) is 0 Å². The number of rotatable bonds is 4. The Labute approximate surface area is 95.6 Å². The molecule has 1 atom stereocenters. The standard InChI is InChI=1S/C5H9NO4.Gd/c6-3(5(9)10)1-2-4(7)8;/h3H,1-2,6H2,(H,7,8)(H,9,10);. The van der Waals surface area contributed by atoms with E-state index in [2.05, 4.69) is 0 Å². The molecule has 66 valence electrons. The number of nitrogens with two attached hydrogens (primary N) is 1. The molecule has 0 saturated heterocycles. The number of hydrogen-bond acceptors (Lipinski definition) is 3. The molecule has 0 saturated carbocycles. The second-order valence-electron chi connectivity index (χ2n) is 1.88. The van der Waals surface area contributed by atoms with Crippen molar-refractivity contribution in [1.82, 2.24) is 0 Å². The van der Waals surface area contributed by atoms with E-state index in [0.717, 1.165) is 0 Å². The van der Waals surface area contributed by atoms with Gasteiger partial charge in [0.15, 0.2) is 0 Å². The maximum atomic E-state index is 9.99. The van der Waals surface area contributed by atoms with Crippen LogP contribution in [0.5, 0.6) is 0 Å². The third-order valence-electron chi connectivity index (χ3n) is 0.986. The van der Waals surface area contributed by atoms with E-state index < -0.39 is 18.0 Å². The Morgan fingerprint density at radius 1 is 1.36 bits per heavy atom. The molecule has 4 N–H and O–H groups in total. The molecule has 6 heteroatoms. The largest absolute Gasteiger partial charge is 0.481 e. The van der Waals surface area contributed by atoms with Crippen molar-refractivity contribution in [3.63, 3.8) is 0 Å². The molecule has 0 rings (SSSR count). The topological polar surface area (TPSA) is 101 Å². The molecule has 0 heterocycles. The zero-order valence-corrected chi connectivity index (χ0v) is 7.90. The van der Waals surface area contributed by atoms with Crippen LogP contribution in [0.3, 0.4) is 0 Å². The Hall–Kier alpha value is 0.225. The van der Waals surface area contributed by atoms with Crippen LogP contribution >= 0.6 is 0 Å². The smallest absolute Gasteiger partial charge is 0.320 e. The number of aliphatic carboxylic acids is 2. The van der Waals surface area contributed by atoms with Crippen LogP contribution in [0.4, 0.5) is 0 Å². The Kier molecular flexibility index (Phi) is 8.66. The monoisotopic (exact) mass is 305 g/mol. The molecule has 1 unspecified atom stereocenters. The molecule has 0 aromatic heterocycles. The van der Waals surface area contributed by atoms with Crippen molar-refractivity contribution in [2.24, 2.45) is 5.73 Å². The van der Waals surface area contributed by atoms with Gasteiger partial charge in [0.25, 0.3) is 0 Å². The van der Waals surface area contributed by atoms with Gasteiger partial charge in [-0.05, 0) is 6.42 Å². The first-order chi connectivity index (χ1) is 4.54. The minimum absolute atomic E-state index is 0. The van der Waals surface area contributed by atoms with Gasteiger partial charge in [0.2, 0.25) is 0 Å². The molecular weight excluding hydrogens is 295 g/mol. The van der Waals surface area contributed by atoms with Gasteiger partial charge in [-0.25, -0.2) is 0 Å². The summed E-state index contributed by atoms with van der Waals surface area (Å²) in [6.45, 7) is 0. The first kappa shape index (κ1) is 13.8. The molecule has 0 fully saturated rings. The van der Waals surface area contributed by atoms with E-state index in [4.69, 9.17) is 15.9 Å². The van der Waals surface area contributed by atoms with E-state index in [-0.39, 0.29) is 52.8 Å². The van der Waals surface area contributed by atoms with Crippen LogP contribution in [-0.4, -0.2) is 28.2 Å². The first-order valence-corrected chi connectivity index (χ1v) is 2.74. The van der Waals surface area contributed by atoms with Gasteiger partial charge in [0.1, 0.15) is 6.04 Å². The predicted octanol–water partition coefficient (Wildman–Crippen LogP) is -0.737. The summed E-state index contributed by atoms with van der Waals surface area (Å²) in [6, 6.07) is -1.06. The third-order valence-corrected chi connectivity index (χ3v) is 0.986. The normalized spacial score (nSPS) is 11.4. The molecule has 11 heavy (non-hydrogen) atoms. The van der Waals surface area contributed by atoms with Crippen LogP contribution in [0.2, 0.25) is 0 Å². The average molecular weight is 304 g/mol. The van der Waals surface area contributed by atoms with Gasteiger partial charge in [0.05, 0.1) is 0 Å². The summed E-state index contributed by atoms with van der Waals surface area (Å²) in [4.78, 5) is 19.9. The van der Waals surface area contributed by atoms with Crippen LogP contribution in [0.25, 0.3) is 0 Å². The zero-order valence-electron chi connectivity index (χ0n) is 5.63. The van der Waals surface area contributed by atoms with Crippen LogP contribution in [-0.2, 0) is 9.59 Å². The summed E-state index contributed by atoms with van der Waals surface area (Å²) in [5.74, 6) is -2.20. The maximum absolute atomic E-state index is 9.99. The first-order valence-electron chi connectivity index (χ1n) is 2.74. The van der Waals surface area contributed by atoms with Crippen molar-refractivity contribution >= 4 is 11.9 Å². The minimum atomic E-state index is -1.17. The van der Waals surface area contributed by atoms with Gasteiger partial charge in [-0.1, -0.05) is 0 Å². The fraction of sp³-hybridized carbons (Fsp3) is 0.600. The molecule has 0 bridgehead atoms. The van der Waals surface area contributed by atoms with E-state index in [1.807, 2.05) is 0 Å². The molecule has 0 spiro atoms. The molecule has 0 aliphatic rings. The van der Waals surface area contributed by atoms with Crippen LogP contribution in [0.1, 0.15) is 12.8 Å². The number of hydrogen-bond donors (Lipinski definition) is 3. The van der Waals surface area contributed by atoms with E-state index in [1.165, 1.54) is 0 Å². The van der Waals surface area contributed by atoms with Crippen molar-refractivity contribution in [1.29, 1.82) is 0 Å². The second-order valence-corrected chi connectivity index (χ2v) is 1.88. The summed E-state index contributed by atoms with van der Waals surface area (Å²) in [5.41, 5.74) is 5.00. The molecule has 5 nitrogen and oxygen atoms in total. The van der Waals surface area contributed by atoms with Crippen molar-refractivity contribution in [2.75, 3.05) is 0 Å². The fourth-order valence-electron chi connectivity index (χ4n) is 0.402. The van der Waals surface area contributed by atoms with Gasteiger partial charge < -0.3 is 15.9 Å². The summed E-state index contributed by atoms with van der Waals surface area (Å²) in [7, 11) is 0. The second kappa shape index (κ2) is 6.91. The Morgan fingerprint density at radius 2 is 1.82 bits per heavy atom.